The lowest BCUT2D eigenvalue weighted by Crippen LogP contribution is -2.48. The van der Waals surface area contributed by atoms with Crippen LogP contribution >= 0.6 is 11.6 Å². The van der Waals surface area contributed by atoms with E-state index in [0.29, 0.717) is 17.7 Å². The first-order chi connectivity index (χ1) is 13.2. The lowest BCUT2D eigenvalue weighted by atomic mass is 10.1. The van der Waals surface area contributed by atoms with Gasteiger partial charge in [-0.2, -0.15) is 0 Å². The molecule has 2 rings (SSSR count). The number of halogens is 1. The van der Waals surface area contributed by atoms with Gasteiger partial charge in [-0.3, -0.25) is 4.99 Å². The molecule has 0 amide bonds. The molecule has 0 aromatic heterocycles. The predicted molar refractivity (Wildman–Crippen MR) is 110 cm³/mol. The zero-order valence-electron chi connectivity index (χ0n) is 16.6. The van der Waals surface area contributed by atoms with Crippen LogP contribution in [-0.4, -0.2) is 71.1 Å². The van der Waals surface area contributed by atoms with Crippen molar-refractivity contribution in [1.82, 2.24) is 10.2 Å². The van der Waals surface area contributed by atoms with Crippen LogP contribution in [0.3, 0.4) is 0 Å². The second-order valence-corrected chi connectivity index (χ2v) is 7.05. The summed E-state index contributed by atoms with van der Waals surface area (Å²) in [5.74, 6) is 0.900. The Morgan fingerprint density at radius 1 is 1.30 bits per heavy atom. The maximum atomic E-state index is 6.10. The van der Waals surface area contributed by atoms with Crippen LogP contribution in [-0.2, 0) is 14.2 Å². The number of nitrogens with one attached hydrogen (secondary N) is 1. The highest BCUT2D eigenvalue weighted by atomic mass is 35.5. The number of nitrogens with zero attached hydrogens (tertiary/aromatic N) is 2. The van der Waals surface area contributed by atoms with Crippen molar-refractivity contribution in [2.24, 2.45) is 4.99 Å². The number of ether oxygens (including phenoxy) is 3. The second kappa shape index (κ2) is 12.2. The molecule has 27 heavy (non-hydrogen) atoms. The zero-order chi connectivity index (χ0) is 19.5. The normalized spacial score (nSPS) is 17.2. The molecule has 1 saturated heterocycles. The number of guanidine groups is 1. The van der Waals surface area contributed by atoms with Gasteiger partial charge in [-0.1, -0.05) is 23.7 Å². The van der Waals surface area contributed by atoms with E-state index in [9.17, 15) is 0 Å². The number of hydrogen-bond acceptors (Lipinski definition) is 4. The molecule has 0 bridgehead atoms. The van der Waals surface area contributed by atoms with Crippen molar-refractivity contribution in [2.75, 3.05) is 54.1 Å². The molecule has 1 fully saturated rings. The SMILES string of the molecule is CN=C(NCC(OC)c1cccc(Cl)c1)N1CCC(OCCCOC)CC1. The minimum absolute atomic E-state index is 0.0814. The monoisotopic (exact) mass is 397 g/mol. The van der Waals surface area contributed by atoms with Crippen LogP contribution in [0.5, 0.6) is 0 Å². The molecular formula is C20H32ClN3O3. The smallest absolute Gasteiger partial charge is 0.193 e. The molecule has 6 nitrogen and oxygen atoms in total. The predicted octanol–water partition coefficient (Wildman–Crippen LogP) is 3.12. The molecule has 1 N–H and O–H groups in total. The van der Waals surface area contributed by atoms with E-state index in [0.717, 1.165) is 57.1 Å². The average molecular weight is 398 g/mol. The Morgan fingerprint density at radius 3 is 2.70 bits per heavy atom. The van der Waals surface area contributed by atoms with Gasteiger partial charge in [-0.15, -0.1) is 0 Å². The highest BCUT2D eigenvalue weighted by molar-refractivity contribution is 6.30. The molecule has 0 spiro atoms. The van der Waals surface area contributed by atoms with Gasteiger partial charge in [0.1, 0.15) is 0 Å². The van der Waals surface area contributed by atoms with E-state index in [1.54, 1.807) is 14.2 Å². The van der Waals surface area contributed by atoms with E-state index in [1.807, 2.05) is 31.3 Å². The maximum absolute atomic E-state index is 6.10. The topological polar surface area (TPSA) is 55.3 Å². The highest BCUT2D eigenvalue weighted by Crippen LogP contribution is 2.20. The van der Waals surface area contributed by atoms with E-state index in [1.165, 1.54) is 0 Å². The van der Waals surface area contributed by atoms with E-state index < -0.39 is 0 Å². The molecule has 1 aromatic rings. The molecule has 0 saturated carbocycles. The quantitative estimate of drug-likeness (QED) is 0.394. The lowest BCUT2D eigenvalue weighted by molar-refractivity contribution is 0.00974. The van der Waals surface area contributed by atoms with Crippen molar-refractivity contribution >= 4 is 17.6 Å². The van der Waals surface area contributed by atoms with Crippen LogP contribution in [0.1, 0.15) is 30.9 Å². The van der Waals surface area contributed by atoms with Crippen LogP contribution in [0.25, 0.3) is 0 Å². The van der Waals surface area contributed by atoms with Crippen LogP contribution in [0.2, 0.25) is 5.02 Å². The van der Waals surface area contributed by atoms with Crippen LogP contribution in [0.4, 0.5) is 0 Å². The first-order valence-corrected chi connectivity index (χ1v) is 9.90. The fraction of sp³-hybridized carbons (Fsp3) is 0.650. The minimum atomic E-state index is -0.0814. The molecule has 0 radical (unpaired) electrons. The molecule has 152 valence electrons. The summed E-state index contributed by atoms with van der Waals surface area (Å²) >= 11 is 6.10. The number of hydrogen-bond donors (Lipinski definition) is 1. The van der Waals surface area contributed by atoms with Gasteiger partial charge < -0.3 is 24.4 Å². The summed E-state index contributed by atoms with van der Waals surface area (Å²) in [5.41, 5.74) is 1.05. The summed E-state index contributed by atoms with van der Waals surface area (Å²) in [6.45, 7) is 4.02. The molecule has 0 aliphatic carbocycles. The summed E-state index contributed by atoms with van der Waals surface area (Å²) in [6, 6.07) is 7.77. The van der Waals surface area contributed by atoms with Gasteiger partial charge in [0, 0.05) is 59.1 Å². The van der Waals surface area contributed by atoms with Crippen molar-refractivity contribution < 1.29 is 14.2 Å². The van der Waals surface area contributed by atoms with E-state index in [2.05, 4.69) is 15.2 Å². The standard InChI is InChI=1S/C20H32ClN3O3/c1-22-20(23-15-19(26-3)16-6-4-7-17(21)14-16)24-10-8-18(9-11-24)27-13-5-12-25-2/h4,6-7,14,18-19H,5,8-13,15H2,1-3H3,(H,22,23). The van der Waals surface area contributed by atoms with E-state index >= 15 is 0 Å². The summed E-state index contributed by atoms with van der Waals surface area (Å²) in [7, 11) is 5.25. The zero-order valence-corrected chi connectivity index (χ0v) is 17.4. The van der Waals surface area contributed by atoms with Crippen molar-refractivity contribution in [2.45, 2.75) is 31.5 Å². The molecule has 1 aliphatic rings. The van der Waals surface area contributed by atoms with Crippen LogP contribution in [0, 0.1) is 0 Å². The lowest BCUT2D eigenvalue weighted by Gasteiger charge is -2.34. The molecular weight excluding hydrogens is 366 g/mol. The van der Waals surface area contributed by atoms with Gasteiger partial charge in [0.15, 0.2) is 5.96 Å². The van der Waals surface area contributed by atoms with Crippen molar-refractivity contribution in [1.29, 1.82) is 0 Å². The van der Waals surface area contributed by atoms with Gasteiger partial charge in [0.25, 0.3) is 0 Å². The van der Waals surface area contributed by atoms with Crippen molar-refractivity contribution in [3.05, 3.63) is 34.9 Å². The highest BCUT2D eigenvalue weighted by Gasteiger charge is 2.22. The molecule has 7 heteroatoms. The largest absolute Gasteiger partial charge is 0.385 e. The Bertz CT molecular complexity index is 577. The van der Waals surface area contributed by atoms with E-state index in [4.69, 9.17) is 25.8 Å². The molecule has 1 aromatic carbocycles. The van der Waals surface area contributed by atoms with Gasteiger partial charge in [-0.05, 0) is 37.0 Å². The molecule has 1 heterocycles. The Balaban J connectivity index is 1.78. The third-order valence-electron chi connectivity index (χ3n) is 4.75. The Labute approximate surface area is 167 Å². The first kappa shape index (κ1) is 22.0. The Hall–Kier alpha value is -1.34. The number of methoxy groups -OCH3 is 2. The molecule has 1 aliphatic heterocycles. The first-order valence-electron chi connectivity index (χ1n) is 9.52. The maximum Gasteiger partial charge on any atom is 0.193 e. The van der Waals surface area contributed by atoms with E-state index in [-0.39, 0.29) is 6.10 Å². The third-order valence-corrected chi connectivity index (χ3v) is 4.99. The van der Waals surface area contributed by atoms with Gasteiger partial charge in [0.05, 0.1) is 12.2 Å². The van der Waals surface area contributed by atoms with Gasteiger partial charge in [-0.25, -0.2) is 0 Å². The Morgan fingerprint density at radius 2 is 2.07 bits per heavy atom. The number of likely N-dealkylation sites (tertiary alicyclic amines) is 1. The van der Waals surface area contributed by atoms with Crippen molar-refractivity contribution in [3.8, 4) is 0 Å². The molecule has 1 unspecified atom stereocenters. The third kappa shape index (κ3) is 7.30. The van der Waals surface area contributed by atoms with Gasteiger partial charge >= 0.3 is 0 Å². The van der Waals surface area contributed by atoms with Crippen LogP contribution in [0.15, 0.2) is 29.3 Å². The summed E-state index contributed by atoms with van der Waals surface area (Å²) in [4.78, 5) is 6.71. The number of rotatable bonds is 9. The second-order valence-electron chi connectivity index (χ2n) is 6.61. The Kier molecular flexibility index (Phi) is 9.91. The van der Waals surface area contributed by atoms with Crippen LogP contribution < -0.4 is 5.32 Å². The summed E-state index contributed by atoms with van der Waals surface area (Å²) in [5, 5.41) is 4.15. The summed E-state index contributed by atoms with van der Waals surface area (Å²) in [6.07, 6.45) is 3.21. The number of aliphatic imine (C=N–C) groups is 1. The molecule has 1 atom stereocenters. The number of piperidine rings is 1. The average Bonchev–Trinajstić information content (AvgIpc) is 2.69. The fourth-order valence-electron chi connectivity index (χ4n) is 3.25. The van der Waals surface area contributed by atoms with Gasteiger partial charge in [0.2, 0.25) is 0 Å². The minimum Gasteiger partial charge on any atom is -0.385 e. The summed E-state index contributed by atoms with van der Waals surface area (Å²) < 4.78 is 16.6. The fourth-order valence-corrected chi connectivity index (χ4v) is 3.45. The number of benzene rings is 1. The van der Waals surface area contributed by atoms with Crippen molar-refractivity contribution in [3.63, 3.8) is 0 Å².